The van der Waals surface area contributed by atoms with E-state index in [9.17, 15) is 9.59 Å². The smallest absolute Gasteiger partial charge is 0.239 e. The molecule has 1 rings (SSSR count). The summed E-state index contributed by atoms with van der Waals surface area (Å²) in [5, 5.41) is 6.06. The summed E-state index contributed by atoms with van der Waals surface area (Å²) >= 11 is 0. The van der Waals surface area contributed by atoms with Gasteiger partial charge in [0.05, 0.1) is 13.1 Å². The van der Waals surface area contributed by atoms with E-state index in [2.05, 4.69) is 15.5 Å². The lowest BCUT2D eigenvalue weighted by Crippen LogP contribution is -2.49. The number of hydrogen-bond acceptors (Lipinski definition) is 4. The number of nitrogens with one attached hydrogen (secondary N) is 2. The highest BCUT2D eigenvalue weighted by molar-refractivity contribution is 5.85. The van der Waals surface area contributed by atoms with Crippen LogP contribution in [0.4, 0.5) is 0 Å². The van der Waals surface area contributed by atoms with Gasteiger partial charge in [0.1, 0.15) is 0 Å². The summed E-state index contributed by atoms with van der Waals surface area (Å²) in [6.45, 7) is 8.89. The Morgan fingerprint density at radius 1 is 1.32 bits per heavy atom. The van der Waals surface area contributed by atoms with Gasteiger partial charge < -0.3 is 15.5 Å². The van der Waals surface area contributed by atoms with E-state index in [0.717, 1.165) is 26.2 Å². The Hall–Kier alpha value is -1.14. The fourth-order valence-electron chi connectivity index (χ4n) is 1.86. The number of carbonyl (C=O) groups excluding carboxylic acids is 2. The lowest BCUT2D eigenvalue weighted by Gasteiger charge is -2.28. The second-order valence-electron chi connectivity index (χ2n) is 5.47. The van der Waals surface area contributed by atoms with Gasteiger partial charge in [-0.05, 0) is 5.92 Å². The molecule has 0 bridgehead atoms. The Bertz CT molecular complexity index is 301. The van der Waals surface area contributed by atoms with E-state index >= 15 is 0 Å². The second kappa shape index (κ2) is 8.12. The Kier molecular flexibility index (Phi) is 6.80. The first-order chi connectivity index (χ1) is 8.99. The summed E-state index contributed by atoms with van der Waals surface area (Å²) in [5.41, 5.74) is 0. The van der Waals surface area contributed by atoms with Crippen molar-refractivity contribution in [3.8, 4) is 0 Å². The van der Waals surface area contributed by atoms with E-state index < -0.39 is 0 Å². The Morgan fingerprint density at radius 2 is 1.95 bits per heavy atom. The molecular weight excluding hydrogens is 244 g/mol. The van der Waals surface area contributed by atoms with Crippen molar-refractivity contribution in [1.29, 1.82) is 0 Å². The van der Waals surface area contributed by atoms with Crippen LogP contribution in [0.5, 0.6) is 0 Å². The molecule has 2 amide bonds. The summed E-state index contributed by atoms with van der Waals surface area (Å²) in [4.78, 5) is 27.2. The van der Waals surface area contributed by atoms with Crippen LogP contribution in [0.15, 0.2) is 0 Å². The first-order valence-electron chi connectivity index (χ1n) is 6.92. The first kappa shape index (κ1) is 15.9. The van der Waals surface area contributed by atoms with Crippen molar-refractivity contribution in [2.75, 3.05) is 52.9 Å². The largest absolute Gasteiger partial charge is 0.354 e. The molecule has 1 aliphatic heterocycles. The zero-order chi connectivity index (χ0) is 14.3. The Morgan fingerprint density at radius 3 is 2.53 bits per heavy atom. The highest BCUT2D eigenvalue weighted by Crippen LogP contribution is 1.95. The van der Waals surface area contributed by atoms with E-state index in [-0.39, 0.29) is 18.4 Å². The minimum absolute atomic E-state index is 0.00148. The van der Waals surface area contributed by atoms with Crippen LogP contribution in [-0.2, 0) is 9.59 Å². The molecule has 0 radical (unpaired) electrons. The maximum Gasteiger partial charge on any atom is 0.239 e. The molecule has 2 N–H and O–H groups in total. The number of piperazine rings is 1. The molecule has 0 aromatic carbocycles. The van der Waals surface area contributed by atoms with Gasteiger partial charge in [-0.2, -0.15) is 0 Å². The van der Waals surface area contributed by atoms with E-state index in [1.54, 1.807) is 7.05 Å². The molecule has 0 atom stereocenters. The molecule has 0 unspecified atom stereocenters. The normalized spacial score (nSPS) is 16.4. The standard InChI is InChI=1S/C13H26N4O2/c1-11(2)8-15-12(18)9-16(3)13(19)10-17-6-4-14-5-7-17/h11,14H,4-10H2,1-3H3,(H,15,18). The van der Waals surface area contributed by atoms with Gasteiger partial charge in [-0.3, -0.25) is 14.5 Å². The van der Waals surface area contributed by atoms with E-state index in [1.165, 1.54) is 4.90 Å². The second-order valence-corrected chi connectivity index (χ2v) is 5.47. The third-order valence-corrected chi connectivity index (χ3v) is 3.08. The molecule has 1 saturated heterocycles. The molecular formula is C13H26N4O2. The van der Waals surface area contributed by atoms with Gasteiger partial charge in [-0.25, -0.2) is 0 Å². The van der Waals surface area contributed by atoms with Gasteiger partial charge in [0, 0.05) is 39.8 Å². The lowest BCUT2D eigenvalue weighted by molar-refractivity contribution is -0.135. The molecule has 19 heavy (non-hydrogen) atoms. The predicted octanol–water partition coefficient (Wildman–Crippen LogP) is -0.878. The monoisotopic (exact) mass is 270 g/mol. The molecule has 6 heteroatoms. The average Bonchev–Trinajstić information content (AvgIpc) is 2.37. The Labute approximate surface area is 115 Å². The summed E-state index contributed by atoms with van der Waals surface area (Å²) in [6, 6.07) is 0. The quantitative estimate of drug-likeness (QED) is 0.658. The maximum atomic E-state index is 12.0. The molecule has 0 spiro atoms. The first-order valence-corrected chi connectivity index (χ1v) is 6.92. The third-order valence-electron chi connectivity index (χ3n) is 3.08. The average molecular weight is 270 g/mol. The third kappa shape index (κ3) is 6.54. The van der Waals surface area contributed by atoms with Crippen molar-refractivity contribution in [1.82, 2.24) is 20.4 Å². The van der Waals surface area contributed by atoms with Crippen molar-refractivity contribution in [2.45, 2.75) is 13.8 Å². The van der Waals surface area contributed by atoms with Gasteiger partial charge in [0.2, 0.25) is 11.8 Å². The van der Waals surface area contributed by atoms with Gasteiger partial charge in [-0.15, -0.1) is 0 Å². The molecule has 0 aromatic heterocycles. The lowest BCUT2D eigenvalue weighted by atomic mass is 10.2. The highest BCUT2D eigenvalue weighted by Gasteiger charge is 2.17. The van der Waals surface area contributed by atoms with Crippen LogP contribution < -0.4 is 10.6 Å². The van der Waals surface area contributed by atoms with E-state index in [1.807, 2.05) is 13.8 Å². The summed E-state index contributed by atoms with van der Waals surface area (Å²) in [6.07, 6.45) is 0. The van der Waals surface area contributed by atoms with Gasteiger partial charge in [0.15, 0.2) is 0 Å². The summed E-state index contributed by atoms with van der Waals surface area (Å²) in [5.74, 6) is 0.331. The van der Waals surface area contributed by atoms with Gasteiger partial charge in [0.25, 0.3) is 0 Å². The number of amides is 2. The number of likely N-dealkylation sites (N-methyl/N-ethyl adjacent to an activating group) is 1. The van der Waals surface area contributed by atoms with Crippen LogP contribution in [0.25, 0.3) is 0 Å². The molecule has 1 aliphatic rings. The van der Waals surface area contributed by atoms with Crippen molar-refractivity contribution in [3.63, 3.8) is 0 Å². The van der Waals surface area contributed by atoms with Crippen LogP contribution in [-0.4, -0.2) is 74.5 Å². The summed E-state index contributed by atoms with van der Waals surface area (Å²) < 4.78 is 0. The van der Waals surface area contributed by atoms with Gasteiger partial charge >= 0.3 is 0 Å². The van der Waals surface area contributed by atoms with E-state index in [0.29, 0.717) is 19.0 Å². The molecule has 0 saturated carbocycles. The fourth-order valence-corrected chi connectivity index (χ4v) is 1.86. The van der Waals surface area contributed by atoms with Crippen LogP contribution in [0.1, 0.15) is 13.8 Å². The topological polar surface area (TPSA) is 64.7 Å². The number of nitrogens with zero attached hydrogens (tertiary/aromatic N) is 2. The van der Waals surface area contributed by atoms with Crippen LogP contribution >= 0.6 is 0 Å². The van der Waals surface area contributed by atoms with Crippen molar-refractivity contribution < 1.29 is 9.59 Å². The predicted molar refractivity (Wildman–Crippen MR) is 74.8 cm³/mol. The number of carbonyl (C=O) groups is 2. The van der Waals surface area contributed by atoms with Crippen LogP contribution in [0.2, 0.25) is 0 Å². The van der Waals surface area contributed by atoms with Crippen molar-refractivity contribution >= 4 is 11.8 Å². The highest BCUT2D eigenvalue weighted by atomic mass is 16.2. The minimum Gasteiger partial charge on any atom is -0.354 e. The fraction of sp³-hybridized carbons (Fsp3) is 0.846. The number of hydrogen-bond donors (Lipinski definition) is 2. The zero-order valence-corrected chi connectivity index (χ0v) is 12.2. The molecule has 0 aliphatic carbocycles. The molecule has 6 nitrogen and oxygen atoms in total. The molecule has 0 aromatic rings. The van der Waals surface area contributed by atoms with Crippen LogP contribution in [0.3, 0.4) is 0 Å². The molecule has 110 valence electrons. The summed E-state index contributed by atoms with van der Waals surface area (Å²) in [7, 11) is 1.68. The van der Waals surface area contributed by atoms with Crippen LogP contribution in [0, 0.1) is 5.92 Å². The molecule has 1 fully saturated rings. The zero-order valence-electron chi connectivity index (χ0n) is 12.2. The van der Waals surface area contributed by atoms with Crippen molar-refractivity contribution in [2.24, 2.45) is 5.92 Å². The Balaban J connectivity index is 2.25. The minimum atomic E-state index is -0.0927. The van der Waals surface area contributed by atoms with Crippen molar-refractivity contribution in [3.05, 3.63) is 0 Å². The van der Waals surface area contributed by atoms with Gasteiger partial charge in [-0.1, -0.05) is 13.8 Å². The number of rotatable bonds is 6. The van der Waals surface area contributed by atoms with E-state index in [4.69, 9.17) is 0 Å². The maximum absolute atomic E-state index is 12.0. The SMILES string of the molecule is CC(C)CNC(=O)CN(C)C(=O)CN1CCNCC1. The molecule has 1 heterocycles.